The summed E-state index contributed by atoms with van der Waals surface area (Å²) in [5.41, 5.74) is 1.79. The highest BCUT2D eigenvalue weighted by molar-refractivity contribution is 8.14. The Kier molecular flexibility index (Phi) is 4.95. The zero-order valence-electron chi connectivity index (χ0n) is 12.1. The van der Waals surface area contributed by atoms with E-state index in [-0.39, 0.29) is 0 Å². The van der Waals surface area contributed by atoms with Crippen LogP contribution in [0.3, 0.4) is 0 Å². The Morgan fingerprint density at radius 3 is 2.95 bits per heavy atom. The first-order valence-electron chi connectivity index (χ1n) is 6.84. The Morgan fingerprint density at radius 2 is 2.25 bits per heavy atom. The zero-order chi connectivity index (χ0) is 14.5. The molecule has 0 aliphatic heterocycles. The third-order valence-corrected chi connectivity index (χ3v) is 4.19. The van der Waals surface area contributed by atoms with Gasteiger partial charge in [-0.15, -0.1) is 11.8 Å². The number of nitrogens with one attached hydrogen (secondary N) is 2. The summed E-state index contributed by atoms with van der Waals surface area (Å²) in [5, 5.41) is 13.2. The molecule has 0 saturated heterocycles. The maximum Gasteiger partial charge on any atom is 0.222 e. The molecule has 1 unspecified atom stereocenters. The van der Waals surface area contributed by atoms with Gasteiger partial charge in [-0.1, -0.05) is 32.4 Å². The van der Waals surface area contributed by atoms with Gasteiger partial charge in [-0.05, 0) is 12.5 Å². The number of thioether (sulfide) groups is 1. The highest BCUT2D eigenvalue weighted by Gasteiger charge is 2.09. The molecule has 0 amide bonds. The molecular weight excluding hydrogens is 268 g/mol. The Morgan fingerprint density at radius 1 is 1.45 bits per heavy atom. The first-order valence-corrected chi connectivity index (χ1v) is 7.72. The number of hydrogen-bond donors (Lipinski definition) is 2. The molecule has 1 heterocycles. The Hall–Kier alpha value is -1.62. The van der Waals surface area contributed by atoms with E-state index in [0.29, 0.717) is 16.2 Å². The van der Waals surface area contributed by atoms with Gasteiger partial charge in [0.25, 0.3) is 0 Å². The summed E-state index contributed by atoms with van der Waals surface area (Å²) in [6, 6.07) is 5.91. The summed E-state index contributed by atoms with van der Waals surface area (Å²) in [6.07, 6.45) is 4.08. The van der Waals surface area contributed by atoms with E-state index in [1.165, 1.54) is 0 Å². The van der Waals surface area contributed by atoms with Crippen LogP contribution in [0.4, 0.5) is 5.95 Å². The van der Waals surface area contributed by atoms with Crippen molar-refractivity contribution in [1.82, 2.24) is 9.97 Å². The van der Waals surface area contributed by atoms with E-state index in [2.05, 4.69) is 29.1 Å². The van der Waals surface area contributed by atoms with Crippen LogP contribution in [-0.2, 0) is 0 Å². The minimum atomic E-state index is 0.474. The average Bonchev–Trinajstić information content (AvgIpc) is 2.46. The van der Waals surface area contributed by atoms with Gasteiger partial charge in [0.05, 0.1) is 10.6 Å². The lowest BCUT2D eigenvalue weighted by molar-refractivity contribution is 0.790. The van der Waals surface area contributed by atoms with Crippen LogP contribution < -0.4 is 5.32 Å². The molecule has 1 aromatic carbocycles. The highest BCUT2D eigenvalue weighted by Crippen LogP contribution is 2.23. The third kappa shape index (κ3) is 3.48. The molecular formula is C15H20N4S. The van der Waals surface area contributed by atoms with Crippen LogP contribution in [0.25, 0.3) is 10.9 Å². The smallest absolute Gasteiger partial charge is 0.222 e. The van der Waals surface area contributed by atoms with E-state index in [1.54, 1.807) is 25.0 Å². The zero-order valence-corrected chi connectivity index (χ0v) is 12.9. The van der Waals surface area contributed by atoms with Crippen molar-refractivity contribution >= 4 is 33.7 Å². The Labute approximate surface area is 123 Å². The fourth-order valence-corrected chi connectivity index (χ4v) is 3.04. The second-order valence-corrected chi connectivity index (χ2v) is 6.21. The van der Waals surface area contributed by atoms with Crippen LogP contribution in [0, 0.1) is 5.41 Å². The molecule has 0 fully saturated rings. The van der Waals surface area contributed by atoms with Gasteiger partial charge in [0.1, 0.15) is 0 Å². The van der Waals surface area contributed by atoms with Crippen molar-refractivity contribution in [3.63, 3.8) is 0 Å². The molecule has 0 bridgehead atoms. The molecule has 20 heavy (non-hydrogen) atoms. The normalized spacial score (nSPS) is 12.3. The molecule has 0 radical (unpaired) electrons. The molecule has 1 aromatic heterocycles. The molecule has 0 saturated carbocycles. The van der Waals surface area contributed by atoms with Gasteiger partial charge in [-0.3, -0.25) is 5.41 Å². The predicted molar refractivity (Wildman–Crippen MR) is 87.9 cm³/mol. The molecule has 2 rings (SSSR count). The lowest BCUT2D eigenvalue weighted by Gasteiger charge is -2.11. The van der Waals surface area contributed by atoms with Gasteiger partial charge in [0.15, 0.2) is 0 Å². The van der Waals surface area contributed by atoms with Crippen LogP contribution in [0.5, 0.6) is 0 Å². The van der Waals surface area contributed by atoms with Crippen molar-refractivity contribution < 1.29 is 0 Å². The van der Waals surface area contributed by atoms with Crippen LogP contribution in [-0.4, -0.2) is 27.3 Å². The van der Waals surface area contributed by atoms with Crippen molar-refractivity contribution in [2.75, 3.05) is 12.4 Å². The Bertz CT molecular complexity index is 612. The van der Waals surface area contributed by atoms with Crippen molar-refractivity contribution in [3.8, 4) is 0 Å². The third-order valence-electron chi connectivity index (χ3n) is 3.08. The maximum atomic E-state index is 8.22. The Balaban J connectivity index is 2.23. The number of hydrogen-bond acceptors (Lipinski definition) is 5. The van der Waals surface area contributed by atoms with E-state index >= 15 is 0 Å². The molecule has 106 valence electrons. The van der Waals surface area contributed by atoms with Crippen molar-refractivity contribution in [3.05, 3.63) is 30.0 Å². The number of anilines is 1. The van der Waals surface area contributed by atoms with Gasteiger partial charge >= 0.3 is 0 Å². The molecule has 2 N–H and O–H groups in total. The minimum absolute atomic E-state index is 0.474. The summed E-state index contributed by atoms with van der Waals surface area (Å²) in [7, 11) is 1.80. The number of benzene rings is 1. The molecule has 0 aliphatic carbocycles. The first kappa shape index (κ1) is 14.8. The number of nitrogens with zero attached hydrogens (tertiary/aromatic N) is 2. The lowest BCUT2D eigenvalue weighted by Crippen LogP contribution is -2.03. The topological polar surface area (TPSA) is 61.7 Å². The second-order valence-electron chi connectivity index (χ2n) is 4.76. The summed E-state index contributed by atoms with van der Waals surface area (Å²) < 4.78 is 0. The number of aromatic nitrogens is 2. The van der Waals surface area contributed by atoms with E-state index in [4.69, 9.17) is 5.41 Å². The number of rotatable bonds is 5. The lowest BCUT2D eigenvalue weighted by atomic mass is 10.2. The van der Waals surface area contributed by atoms with E-state index in [9.17, 15) is 0 Å². The monoisotopic (exact) mass is 288 g/mol. The molecule has 1 atom stereocenters. The molecule has 4 nitrogen and oxygen atoms in total. The van der Waals surface area contributed by atoms with E-state index in [0.717, 1.165) is 29.3 Å². The fraction of sp³-hybridized carbons (Fsp3) is 0.400. The average molecular weight is 288 g/mol. The minimum Gasteiger partial charge on any atom is -0.357 e. The van der Waals surface area contributed by atoms with Gasteiger partial charge in [-0.25, -0.2) is 9.97 Å². The molecule has 0 aliphatic rings. The van der Waals surface area contributed by atoms with E-state index < -0.39 is 0 Å². The molecule has 2 aromatic rings. The summed E-state index contributed by atoms with van der Waals surface area (Å²) in [6.45, 7) is 4.35. The highest BCUT2D eigenvalue weighted by atomic mass is 32.2. The van der Waals surface area contributed by atoms with Gasteiger partial charge < -0.3 is 5.32 Å². The first-order chi connectivity index (χ1) is 9.63. The van der Waals surface area contributed by atoms with E-state index in [1.807, 2.05) is 18.2 Å². The van der Waals surface area contributed by atoms with Crippen LogP contribution in [0.1, 0.15) is 32.3 Å². The summed E-state index contributed by atoms with van der Waals surface area (Å²) >= 11 is 1.62. The van der Waals surface area contributed by atoms with Crippen molar-refractivity contribution in [2.45, 2.75) is 31.9 Å². The molecule has 5 heteroatoms. The van der Waals surface area contributed by atoms with Crippen molar-refractivity contribution in [1.29, 1.82) is 5.41 Å². The van der Waals surface area contributed by atoms with Crippen molar-refractivity contribution in [2.24, 2.45) is 0 Å². The van der Waals surface area contributed by atoms with Gasteiger partial charge in [-0.2, -0.15) is 0 Å². The predicted octanol–water partition coefficient (Wildman–Crippen LogP) is 3.92. The number of fused-ring (bicyclic) bond motifs is 1. The largest absolute Gasteiger partial charge is 0.357 e. The SMILES string of the molecule is CCCC(C)SC(=N)c1ccc2cnc(NC)nc2c1. The maximum absolute atomic E-state index is 8.22. The van der Waals surface area contributed by atoms with Gasteiger partial charge in [0, 0.05) is 29.4 Å². The summed E-state index contributed by atoms with van der Waals surface area (Å²) in [5.74, 6) is 0.605. The molecule has 0 spiro atoms. The fourth-order valence-electron chi connectivity index (χ4n) is 2.02. The second kappa shape index (κ2) is 6.70. The van der Waals surface area contributed by atoms with Crippen LogP contribution in [0.2, 0.25) is 0 Å². The summed E-state index contributed by atoms with van der Waals surface area (Å²) in [4.78, 5) is 8.62. The van der Waals surface area contributed by atoms with Crippen LogP contribution in [0.15, 0.2) is 24.4 Å². The van der Waals surface area contributed by atoms with Gasteiger partial charge in [0.2, 0.25) is 5.95 Å². The van der Waals surface area contributed by atoms with Crippen LogP contribution >= 0.6 is 11.8 Å². The standard InChI is InChI=1S/C15H20N4S/c1-4-5-10(2)20-14(16)11-6-7-12-9-18-15(17-3)19-13(12)8-11/h6-10,16H,4-5H2,1-3H3,(H,17,18,19). The quantitative estimate of drug-likeness (QED) is 0.646.